The molecule has 2 aromatic carbocycles. The fourth-order valence-corrected chi connectivity index (χ4v) is 6.13. The number of methoxy groups -OCH3 is 1. The molecule has 1 aromatic heterocycles. The van der Waals surface area contributed by atoms with Gasteiger partial charge < -0.3 is 9.47 Å². The topological polar surface area (TPSA) is 81.6 Å². The highest BCUT2D eigenvalue weighted by atomic mass is 32.2. The lowest BCUT2D eigenvalue weighted by molar-refractivity contribution is 0.314. The lowest BCUT2D eigenvalue weighted by Crippen LogP contribution is -2.39. The second-order valence-electron chi connectivity index (χ2n) is 7.28. The third kappa shape index (κ3) is 4.73. The molecule has 7 nitrogen and oxygen atoms in total. The molecule has 1 saturated heterocycles. The fourth-order valence-electron chi connectivity index (χ4n) is 3.64. The van der Waals surface area contributed by atoms with Crippen LogP contribution in [0.5, 0.6) is 11.5 Å². The van der Waals surface area contributed by atoms with Gasteiger partial charge in [0.25, 0.3) is 0 Å². The second-order valence-corrected chi connectivity index (χ2v) is 10.2. The highest BCUT2D eigenvalue weighted by molar-refractivity contribution is 7.89. The van der Waals surface area contributed by atoms with Crippen molar-refractivity contribution in [2.24, 2.45) is 0 Å². The molecule has 1 fully saturated rings. The quantitative estimate of drug-likeness (QED) is 0.527. The minimum atomic E-state index is -3.57. The Morgan fingerprint density at radius 2 is 1.77 bits per heavy atom. The number of ether oxygens (including phenoxy) is 2. The molecule has 0 bridgehead atoms. The molecule has 0 amide bonds. The van der Waals surface area contributed by atoms with Crippen molar-refractivity contribution in [3.8, 4) is 22.1 Å². The standard InChI is InChI=1S/C22H25N3O4S2/c1-3-29-19-10-12-20(13-11-19)31(26,27)25-14-4-5-17(15-25)22-24-23-21(30-22)16-6-8-18(28-2)9-7-16/h6-13,17H,3-5,14-15H2,1-2H3. The highest BCUT2D eigenvalue weighted by Crippen LogP contribution is 2.35. The second kappa shape index (κ2) is 9.33. The van der Waals surface area contributed by atoms with Gasteiger partial charge in [0.1, 0.15) is 21.5 Å². The zero-order valence-electron chi connectivity index (χ0n) is 17.5. The summed E-state index contributed by atoms with van der Waals surface area (Å²) in [5.74, 6) is 1.49. The Bertz CT molecular complexity index is 1110. The van der Waals surface area contributed by atoms with Gasteiger partial charge in [0.05, 0.1) is 18.6 Å². The van der Waals surface area contributed by atoms with E-state index in [9.17, 15) is 8.42 Å². The molecule has 1 unspecified atom stereocenters. The number of benzene rings is 2. The first-order chi connectivity index (χ1) is 15.0. The Kier molecular flexibility index (Phi) is 6.54. The molecule has 9 heteroatoms. The molecule has 1 aliphatic rings. The van der Waals surface area contributed by atoms with Crippen molar-refractivity contribution in [1.29, 1.82) is 0 Å². The van der Waals surface area contributed by atoms with Crippen LogP contribution in [0.25, 0.3) is 10.6 Å². The van der Waals surface area contributed by atoms with Crippen molar-refractivity contribution in [2.75, 3.05) is 26.8 Å². The van der Waals surface area contributed by atoms with Gasteiger partial charge in [-0.15, -0.1) is 10.2 Å². The summed E-state index contributed by atoms with van der Waals surface area (Å²) in [7, 11) is -1.93. The maximum Gasteiger partial charge on any atom is 0.243 e. The van der Waals surface area contributed by atoms with E-state index in [4.69, 9.17) is 9.47 Å². The molecule has 0 radical (unpaired) electrons. The lowest BCUT2D eigenvalue weighted by atomic mass is 10.0. The molecule has 1 aliphatic heterocycles. The highest BCUT2D eigenvalue weighted by Gasteiger charge is 2.32. The van der Waals surface area contributed by atoms with E-state index in [0.717, 1.165) is 34.2 Å². The summed E-state index contributed by atoms with van der Waals surface area (Å²) in [6.07, 6.45) is 1.69. The number of hydrogen-bond acceptors (Lipinski definition) is 7. The van der Waals surface area contributed by atoms with Gasteiger partial charge in [-0.25, -0.2) is 8.42 Å². The van der Waals surface area contributed by atoms with Crippen LogP contribution in [-0.2, 0) is 10.0 Å². The van der Waals surface area contributed by atoms with Crippen LogP contribution in [0.3, 0.4) is 0 Å². The number of aromatic nitrogens is 2. The Morgan fingerprint density at radius 1 is 1.06 bits per heavy atom. The number of nitrogens with zero attached hydrogens (tertiary/aromatic N) is 3. The zero-order valence-corrected chi connectivity index (χ0v) is 19.2. The number of sulfonamides is 1. The Morgan fingerprint density at radius 3 is 2.45 bits per heavy atom. The smallest absolute Gasteiger partial charge is 0.243 e. The van der Waals surface area contributed by atoms with Gasteiger partial charge in [-0.2, -0.15) is 4.31 Å². The molecular weight excluding hydrogens is 434 g/mol. The first kappa shape index (κ1) is 21.7. The van der Waals surface area contributed by atoms with Crippen molar-refractivity contribution in [3.63, 3.8) is 0 Å². The Balaban J connectivity index is 1.50. The van der Waals surface area contributed by atoms with Crippen LogP contribution in [0.2, 0.25) is 0 Å². The SMILES string of the molecule is CCOc1ccc(S(=O)(=O)N2CCCC(c3nnc(-c4ccc(OC)cc4)s3)C2)cc1. The first-order valence-corrected chi connectivity index (χ1v) is 12.5. The predicted octanol–water partition coefficient (Wildman–Crippen LogP) is 4.18. The van der Waals surface area contributed by atoms with Gasteiger partial charge in [0, 0.05) is 24.6 Å². The molecule has 164 valence electrons. The van der Waals surface area contributed by atoms with Gasteiger partial charge in [-0.1, -0.05) is 11.3 Å². The van der Waals surface area contributed by atoms with Crippen molar-refractivity contribution in [1.82, 2.24) is 14.5 Å². The zero-order chi connectivity index (χ0) is 21.8. The molecule has 4 rings (SSSR count). The first-order valence-electron chi connectivity index (χ1n) is 10.2. The minimum Gasteiger partial charge on any atom is -0.497 e. The minimum absolute atomic E-state index is 0.0377. The summed E-state index contributed by atoms with van der Waals surface area (Å²) in [5, 5.41) is 10.4. The third-order valence-corrected chi connectivity index (χ3v) is 8.30. The molecule has 2 heterocycles. The fraction of sp³-hybridized carbons (Fsp3) is 0.364. The monoisotopic (exact) mass is 459 g/mol. The number of hydrogen-bond donors (Lipinski definition) is 0. The molecule has 3 aromatic rings. The third-order valence-electron chi connectivity index (χ3n) is 5.28. The molecule has 1 atom stereocenters. The molecule has 0 aliphatic carbocycles. The van der Waals surface area contributed by atoms with Crippen LogP contribution in [0, 0.1) is 0 Å². The maximum atomic E-state index is 13.2. The van der Waals surface area contributed by atoms with E-state index >= 15 is 0 Å². The molecule has 0 saturated carbocycles. The maximum absolute atomic E-state index is 13.2. The van der Waals surface area contributed by atoms with Crippen LogP contribution < -0.4 is 9.47 Å². The summed E-state index contributed by atoms with van der Waals surface area (Å²) in [6.45, 7) is 3.36. The number of piperidine rings is 1. The van der Waals surface area contributed by atoms with Crippen molar-refractivity contribution < 1.29 is 17.9 Å². The van der Waals surface area contributed by atoms with Crippen LogP contribution >= 0.6 is 11.3 Å². The predicted molar refractivity (Wildman–Crippen MR) is 120 cm³/mol. The van der Waals surface area contributed by atoms with Crippen LogP contribution in [0.1, 0.15) is 30.7 Å². The number of rotatable bonds is 7. The van der Waals surface area contributed by atoms with E-state index < -0.39 is 10.0 Å². The van der Waals surface area contributed by atoms with Crippen LogP contribution in [-0.4, -0.2) is 49.7 Å². The largest absolute Gasteiger partial charge is 0.497 e. The normalized spacial score (nSPS) is 17.4. The van der Waals surface area contributed by atoms with E-state index in [1.165, 1.54) is 11.3 Å². The summed E-state index contributed by atoms with van der Waals surface area (Å²) in [6, 6.07) is 14.3. The van der Waals surface area contributed by atoms with Crippen molar-refractivity contribution in [3.05, 3.63) is 53.5 Å². The van der Waals surface area contributed by atoms with E-state index in [-0.39, 0.29) is 10.8 Å². The summed E-state index contributed by atoms with van der Waals surface area (Å²) >= 11 is 1.52. The Hall–Kier alpha value is -2.49. The molecule has 0 spiro atoms. The van der Waals surface area contributed by atoms with Crippen molar-refractivity contribution >= 4 is 21.4 Å². The Labute approximate surface area is 186 Å². The van der Waals surface area contributed by atoms with Crippen molar-refractivity contribution in [2.45, 2.75) is 30.6 Å². The average molecular weight is 460 g/mol. The average Bonchev–Trinajstić information content (AvgIpc) is 3.30. The van der Waals surface area contributed by atoms with E-state index in [0.29, 0.717) is 25.4 Å². The van der Waals surface area contributed by atoms with Gasteiger partial charge in [-0.05, 0) is 68.3 Å². The molecule has 0 N–H and O–H groups in total. The van der Waals surface area contributed by atoms with Crippen LogP contribution in [0.4, 0.5) is 0 Å². The summed E-state index contributed by atoms with van der Waals surface area (Å²) in [4.78, 5) is 0.285. The summed E-state index contributed by atoms with van der Waals surface area (Å²) in [5.41, 5.74) is 0.972. The molecular formula is C22H25N3O4S2. The van der Waals surface area contributed by atoms with E-state index in [2.05, 4.69) is 10.2 Å². The van der Waals surface area contributed by atoms with E-state index in [1.807, 2.05) is 31.2 Å². The van der Waals surface area contributed by atoms with Gasteiger partial charge in [0.2, 0.25) is 10.0 Å². The van der Waals surface area contributed by atoms with Crippen LogP contribution in [0.15, 0.2) is 53.4 Å². The van der Waals surface area contributed by atoms with Gasteiger partial charge >= 0.3 is 0 Å². The lowest BCUT2D eigenvalue weighted by Gasteiger charge is -2.30. The summed E-state index contributed by atoms with van der Waals surface area (Å²) < 4.78 is 38.5. The van der Waals surface area contributed by atoms with Gasteiger partial charge in [0.15, 0.2) is 0 Å². The van der Waals surface area contributed by atoms with Gasteiger partial charge in [-0.3, -0.25) is 0 Å². The van der Waals surface area contributed by atoms with E-state index in [1.54, 1.807) is 35.7 Å². The molecule has 31 heavy (non-hydrogen) atoms.